The van der Waals surface area contributed by atoms with Gasteiger partial charge in [0, 0.05) is 19.0 Å². The maximum Gasteiger partial charge on any atom is 0.244 e. The number of carbonyl (C=O) groups excluding carboxylic acids is 1. The number of likely N-dealkylation sites (N-methyl/N-ethyl adjacent to an activating group) is 1. The number of amides is 1. The number of nitrogens with one attached hydrogen (secondary N) is 1. The topological polar surface area (TPSA) is 58.1 Å². The minimum Gasteiger partial charge on any atom is -0.358 e. The van der Waals surface area contributed by atoms with Gasteiger partial charge in [-0.1, -0.05) is 12.1 Å². The van der Waals surface area contributed by atoms with Gasteiger partial charge in [-0.3, -0.25) is 4.79 Å². The van der Waals surface area contributed by atoms with Crippen LogP contribution in [0, 0.1) is 0 Å². The lowest BCUT2D eigenvalue weighted by molar-refractivity contribution is -0.130. The molecule has 1 unspecified atom stereocenters. The first kappa shape index (κ1) is 13.3. The third-order valence-electron chi connectivity index (χ3n) is 3.12. The molecule has 0 saturated heterocycles. The minimum absolute atomic E-state index is 0.0465. The van der Waals surface area contributed by atoms with Crippen LogP contribution in [0.5, 0.6) is 0 Å². The van der Waals surface area contributed by atoms with Crippen molar-refractivity contribution < 1.29 is 4.79 Å². The van der Waals surface area contributed by atoms with E-state index in [1.165, 1.54) is 6.33 Å². The zero-order valence-corrected chi connectivity index (χ0v) is 11.4. The van der Waals surface area contributed by atoms with Gasteiger partial charge < -0.3 is 10.2 Å². The molecule has 1 heterocycles. The molecule has 2 aromatic rings. The van der Waals surface area contributed by atoms with Gasteiger partial charge in [0.25, 0.3) is 0 Å². The fourth-order valence-corrected chi connectivity index (χ4v) is 1.87. The molecule has 5 heteroatoms. The Morgan fingerprint density at radius 3 is 2.84 bits per heavy atom. The third kappa shape index (κ3) is 2.81. The SMILES string of the molecule is CCN(C)C(=O)C(C)Nc1ncnc2ccccc12. The summed E-state index contributed by atoms with van der Waals surface area (Å²) < 4.78 is 0. The lowest BCUT2D eigenvalue weighted by Gasteiger charge is -2.21. The largest absolute Gasteiger partial charge is 0.358 e. The molecule has 0 aliphatic rings. The summed E-state index contributed by atoms with van der Waals surface area (Å²) in [6.07, 6.45) is 1.51. The van der Waals surface area contributed by atoms with Crippen molar-refractivity contribution in [1.82, 2.24) is 14.9 Å². The predicted molar refractivity (Wildman–Crippen MR) is 75.9 cm³/mol. The second kappa shape index (κ2) is 5.65. The average molecular weight is 258 g/mol. The Morgan fingerprint density at radius 2 is 2.11 bits per heavy atom. The molecule has 0 spiro atoms. The molecule has 2 rings (SSSR count). The highest BCUT2D eigenvalue weighted by Gasteiger charge is 2.17. The maximum absolute atomic E-state index is 12.0. The molecule has 0 aliphatic carbocycles. The summed E-state index contributed by atoms with van der Waals surface area (Å²) in [7, 11) is 1.79. The quantitative estimate of drug-likeness (QED) is 0.910. The molecule has 0 radical (unpaired) electrons. The molecule has 1 amide bonds. The summed E-state index contributed by atoms with van der Waals surface area (Å²) in [4.78, 5) is 22.1. The van der Waals surface area contributed by atoms with Gasteiger partial charge >= 0.3 is 0 Å². The van der Waals surface area contributed by atoms with E-state index in [4.69, 9.17) is 0 Å². The van der Waals surface area contributed by atoms with Gasteiger partial charge in [0.15, 0.2) is 0 Å². The van der Waals surface area contributed by atoms with Gasteiger partial charge in [0.1, 0.15) is 18.2 Å². The molecular formula is C14H18N4O. The first-order chi connectivity index (χ1) is 9.13. The Morgan fingerprint density at radius 1 is 1.37 bits per heavy atom. The molecule has 0 aliphatic heterocycles. The van der Waals surface area contributed by atoms with E-state index in [1.807, 2.05) is 38.1 Å². The van der Waals surface area contributed by atoms with Crippen LogP contribution in [0.4, 0.5) is 5.82 Å². The second-order valence-corrected chi connectivity index (χ2v) is 4.46. The van der Waals surface area contributed by atoms with Gasteiger partial charge in [-0.2, -0.15) is 0 Å². The molecule has 5 nitrogen and oxygen atoms in total. The van der Waals surface area contributed by atoms with E-state index in [0.29, 0.717) is 12.4 Å². The Kier molecular flexibility index (Phi) is 3.94. The number of hydrogen-bond donors (Lipinski definition) is 1. The molecular weight excluding hydrogens is 240 g/mol. The van der Waals surface area contributed by atoms with Gasteiger partial charge in [-0.15, -0.1) is 0 Å². The number of fused-ring (bicyclic) bond motifs is 1. The van der Waals surface area contributed by atoms with Crippen molar-refractivity contribution in [3.8, 4) is 0 Å². The van der Waals surface area contributed by atoms with Crippen LogP contribution in [0.15, 0.2) is 30.6 Å². The zero-order valence-electron chi connectivity index (χ0n) is 11.4. The van der Waals surface area contributed by atoms with Crippen molar-refractivity contribution >= 4 is 22.6 Å². The summed E-state index contributed by atoms with van der Waals surface area (Å²) in [5.74, 6) is 0.737. The van der Waals surface area contributed by atoms with Crippen LogP contribution in [0.3, 0.4) is 0 Å². The van der Waals surface area contributed by atoms with Crippen molar-refractivity contribution in [3.63, 3.8) is 0 Å². The Balaban J connectivity index is 2.24. The van der Waals surface area contributed by atoms with E-state index in [-0.39, 0.29) is 11.9 Å². The highest BCUT2D eigenvalue weighted by atomic mass is 16.2. The number of benzene rings is 1. The number of para-hydroxylation sites is 1. The van der Waals surface area contributed by atoms with E-state index >= 15 is 0 Å². The predicted octanol–water partition coefficient (Wildman–Crippen LogP) is 1.91. The van der Waals surface area contributed by atoms with Crippen LogP contribution in [-0.2, 0) is 4.79 Å². The zero-order chi connectivity index (χ0) is 13.8. The molecule has 1 N–H and O–H groups in total. The van der Waals surface area contributed by atoms with Gasteiger partial charge in [-0.25, -0.2) is 9.97 Å². The van der Waals surface area contributed by atoms with Crippen molar-refractivity contribution in [2.24, 2.45) is 0 Å². The monoisotopic (exact) mass is 258 g/mol. The van der Waals surface area contributed by atoms with Crippen LogP contribution in [0.2, 0.25) is 0 Å². The van der Waals surface area contributed by atoms with Crippen molar-refractivity contribution in [2.45, 2.75) is 19.9 Å². The van der Waals surface area contributed by atoms with Crippen LogP contribution in [0.1, 0.15) is 13.8 Å². The van der Waals surface area contributed by atoms with Gasteiger partial charge in [-0.05, 0) is 26.0 Å². The number of carbonyl (C=O) groups is 1. The Bertz CT molecular complexity index is 579. The fourth-order valence-electron chi connectivity index (χ4n) is 1.87. The number of aromatic nitrogens is 2. The lowest BCUT2D eigenvalue weighted by atomic mass is 10.2. The highest BCUT2D eigenvalue weighted by molar-refractivity contribution is 5.91. The smallest absolute Gasteiger partial charge is 0.244 e. The number of hydrogen-bond acceptors (Lipinski definition) is 4. The number of anilines is 1. The minimum atomic E-state index is -0.316. The third-order valence-corrected chi connectivity index (χ3v) is 3.12. The molecule has 100 valence electrons. The molecule has 1 aromatic heterocycles. The van der Waals surface area contributed by atoms with E-state index in [2.05, 4.69) is 15.3 Å². The van der Waals surface area contributed by atoms with Crippen LogP contribution >= 0.6 is 0 Å². The van der Waals surface area contributed by atoms with E-state index in [1.54, 1.807) is 11.9 Å². The lowest BCUT2D eigenvalue weighted by Crippen LogP contribution is -2.39. The summed E-state index contributed by atoms with van der Waals surface area (Å²) in [6, 6.07) is 7.41. The summed E-state index contributed by atoms with van der Waals surface area (Å²) >= 11 is 0. The first-order valence-electron chi connectivity index (χ1n) is 6.34. The fraction of sp³-hybridized carbons (Fsp3) is 0.357. The van der Waals surface area contributed by atoms with E-state index < -0.39 is 0 Å². The average Bonchev–Trinajstić information content (AvgIpc) is 2.46. The molecule has 0 bridgehead atoms. The molecule has 1 aromatic carbocycles. The van der Waals surface area contributed by atoms with Crippen LogP contribution in [0.25, 0.3) is 10.9 Å². The number of nitrogens with zero attached hydrogens (tertiary/aromatic N) is 3. The van der Waals surface area contributed by atoms with Crippen LogP contribution < -0.4 is 5.32 Å². The van der Waals surface area contributed by atoms with Crippen LogP contribution in [-0.4, -0.2) is 40.4 Å². The molecule has 19 heavy (non-hydrogen) atoms. The van der Waals surface area contributed by atoms with Crippen molar-refractivity contribution in [1.29, 1.82) is 0 Å². The first-order valence-corrected chi connectivity index (χ1v) is 6.34. The van der Waals surface area contributed by atoms with Crippen molar-refractivity contribution in [2.75, 3.05) is 18.9 Å². The van der Waals surface area contributed by atoms with E-state index in [0.717, 1.165) is 10.9 Å². The summed E-state index contributed by atoms with van der Waals surface area (Å²) in [6.45, 7) is 4.48. The van der Waals surface area contributed by atoms with Crippen molar-refractivity contribution in [3.05, 3.63) is 30.6 Å². The number of rotatable bonds is 4. The maximum atomic E-state index is 12.0. The van der Waals surface area contributed by atoms with Gasteiger partial charge in [0.05, 0.1) is 5.52 Å². The Labute approximate surface area is 112 Å². The normalized spacial score (nSPS) is 12.2. The summed E-state index contributed by atoms with van der Waals surface area (Å²) in [5, 5.41) is 4.08. The Hall–Kier alpha value is -2.17. The highest BCUT2D eigenvalue weighted by Crippen LogP contribution is 2.19. The van der Waals surface area contributed by atoms with Gasteiger partial charge in [0.2, 0.25) is 5.91 Å². The molecule has 1 atom stereocenters. The molecule has 0 saturated carbocycles. The molecule has 0 fully saturated rings. The summed E-state index contributed by atoms with van der Waals surface area (Å²) in [5.41, 5.74) is 0.864. The second-order valence-electron chi connectivity index (χ2n) is 4.46. The van der Waals surface area contributed by atoms with E-state index in [9.17, 15) is 4.79 Å². The standard InChI is InChI=1S/C14H18N4O/c1-4-18(3)14(19)10(2)17-13-11-7-5-6-8-12(11)15-9-16-13/h5-10H,4H2,1-3H3,(H,15,16,17).